The summed E-state index contributed by atoms with van der Waals surface area (Å²) >= 11 is 0. The van der Waals surface area contributed by atoms with Crippen LogP contribution in [0.4, 0.5) is 8.96 Å². The molecule has 0 atom stereocenters. The van der Waals surface area contributed by atoms with Gasteiger partial charge < -0.3 is 4.55 Å². The van der Waals surface area contributed by atoms with Crippen LogP contribution in [0.2, 0.25) is 0 Å². The third-order valence-electron chi connectivity index (χ3n) is 0.169. The molecule has 0 rings (SSSR count). The second kappa shape index (κ2) is 1.68. The number of nitrogens with zero attached hydrogens (tertiary/aromatic N) is 1. The summed E-state index contributed by atoms with van der Waals surface area (Å²) in [5.74, 6) is 0. The van der Waals surface area contributed by atoms with Crippen molar-refractivity contribution in [2.75, 3.05) is 0 Å². The lowest BCUT2D eigenvalue weighted by atomic mass is 13.6. The standard InChI is InChI=1S/F2HNO3S/c1-3(2)7(4,5)6/h(H,4,5,6)/p-1. The van der Waals surface area contributed by atoms with Crippen molar-refractivity contribution in [2.45, 2.75) is 0 Å². The molecule has 0 aliphatic carbocycles. The fourth-order valence-electron chi connectivity index (χ4n) is 0. The van der Waals surface area contributed by atoms with Crippen molar-refractivity contribution >= 4 is 10.3 Å². The molecule has 0 bridgehead atoms. The molecule has 0 fully saturated rings. The van der Waals surface area contributed by atoms with Gasteiger partial charge in [-0.25, -0.2) is 8.42 Å². The summed E-state index contributed by atoms with van der Waals surface area (Å²) < 4.78 is 45.4. The maximum Gasteiger partial charge on any atom is 0.218 e. The van der Waals surface area contributed by atoms with Crippen LogP contribution in [0.3, 0.4) is 0 Å². The molecule has 0 aromatic rings. The molecular weight excluding hydrogens is 132 g/mol. The van der Waals surface area contributed by atoms with Gasteiger partial charge in [0.25, 0.3) is 0 Å². The van der Waals surface area contributed by atoms with E-state index in [4.69, 9.17) is 13.0 Å². The molecule has 0 spiro atoms. The molecule has 0 aromatic heterocycles. The van der Waals surface area contributed by atoms with E-state index in [1.807, 2.05) is 0 Å². The highest BCUT2D eigenvalue weighted by molar-refractivity contribution is 7.82. The van der Waals surface area contributed by atoms with Crippen LogP contribution in [0.1, 0.15) is 0 Å². The first-order valence-electron chi connectivity index (χ1n) is 1.02. The minimum atomic E-state index is -5.49. The normalized spacial score (nSPS) is 12.6. The SMILES string of the molecule is O=S(=O)([O-])N(F)F. The van der Waals surface area contributed by atoms with Crippen molar-refractivity contribution in [3.8, 4) is 0 Å². The van der Waals surface area contributed by atoms with Gasteiger partial charge in [-0.2, -0.15) is 0 Å². The largest absolute Gasteiger partial charge is 0.732 e. The average molecular weight is 132 g/mol. The quantitative estimate of drug-likeness (QED) is 0.357. The number of halogens is 2. The van der Waals surface area contributed by atoms with Gasteiger partial charge in [-0.15, -0.1) is 0 Å². The first kappa shape index (κ1) is 6.73. The highest BCUT2D eigenvalue weighted by atomic mass is 32.2. The van der Waals surface area contributed by atoms with Gasteiger partial charge in [0.2, 0.25) is 10.3 Å². The van der Waals surface area contributed by atoms with Gasteiger partial charge in [-0.1, -0.05) is 8.96 Å². The Morgan fingerprint density at radius 1 is 1.43 bits per heavy atom. The Hall–Kier alpha value is -0.270. The minimum absolute atomic E-state index is 2.40. The molecule has 4 nitrogen and oxygen atoms in total. The smallest absolute Gasteiger partial charge is 0.218 e. The highest BCUT2D eigenvalue weighted by Crippen LogP contribution is 1.94. The van der Waals surface area contributed by atoms with E-state index in [0.29, 0.717) is 0 Å². The zero-order valence-corrected chi connectivity index (χ0v) is 3.65. The Morgan fingerprint density at radius 2 is 1.57 bits per heavy atom. The van der Waals surface area contributed by atoms with E-state index in [2.05, 4.69) is 0 Å². The third kappa shape index (κ3) is 2.43. The highest BCUT2D eigenvalue weighted by Gasteiger charge is 2.05. The van der Waals surface area contributed by atoms with E-state index in [9.17, 15) is 8.96 Å². The summed E-state index contributed by atoms with van der Waals surface area (Å²) in [5, 5.41) is 0. The van der Waals surface area contributed by atoms with Crippen molar-refractivity contribution in [1.82, 2.24) is 4.75 Å². The maximum absolute atomic E-state index is 10.5. The third-order valence-corrected chi connectivity index (χ3v) is 0.507. The van der Waals surface area contributed by atoms with Crippen LogP contribution in [-0.4, -0.2) is 17.7 Å². The maximum atomic E-state index is 10.5. The van der Waals surface area contributed by atoms with Crippen LogP contribution < -0.4 is 0 Å². The predicted molar refractivity (Wildman–Crippen MR) is 13.8 cm³/mol. The molecule has 0 aromatic carbocycles. The molecule has 0 radical (unpaired) electrons. The van der Waals surface area contributed by atoms with E-state index in [1.54, 1.807) is 0 Å². The van der Waals surface area contributed by atoms with Gasteiger partial charge in [0.05, 0.1) is 0 Å². The Morgan fingerprint density at radius 3 is 1.57 bits per heavy atom. The molecule has 7 heavy (non-hydrogen) atoms. The molecule has 44 valence electrons. The van der Waals surface area contributed by atoms with Crippen LogP contribution in [0.25, 0.3) is 0 Å². The minimum Gasteiger partial charge on any atom is -0.732 e. The molecule has 0 saturated carbocycles. The van der Waals surface area contributed by atoms with Crippen LogP contribution in [0.5, 0.6) is 0 Å². The van der Waals surface area contributed by atoms with Crippen molar-refractivity contribution in [2.24, 2.45) is 0 Å². The van der Waals surface area contributed by atoms with E-state index in [-0.39, 0.29) is 0 Å². The molecule has 0 heterocycles. The molecule has 0 aliphatic rings. The first-order chi connectivity index (χ1) is 2.94. The molecular formula is F2NO3S-. The summed E-state index contributed by atoms with van der Waals surface area (Å²) in [6.07, 6.45) is 0. The summed E-state index contributed by atoms with van der Waals surface area (Å²) in [7, 11) is -5.49. The zero-order chi connectivity index (χ0) is 6.08. The van der Waals surface area contributed by atoms with Crippen LogP contribution in [-0.2, 0) is 10.3 Å². The van der Waals surface area contributed by atoms with Gasteiger partial charge in [0.15, 0.2) is 0 Å². The van der Waals surface area contributed by atoms with Crippen molar-refractivity contribution in [3.63, 3.8) is 0 Å². The Kier molecular flexibility index (Phi) is 1.62. The molecule has 0 aliphatic heterocycles. The fraction of sp³-hybridized carbons (Fsp3) is 0. The predicted octanol–water partition coefficient (Wildman–Crippen LogP) is -0.482. The van der Waals surface area contributed by atoms with E-state index >= 15 is 0 Å². The lowest BCUT2D eigenvalue weighted by Crippen LogP contribution is -2.11. The molecule has 0 N–H and O–H groups in total. The molecule has 0 unspecified atom stereocenters. The van der Waals surface area contributed by atoms with Crippen molar-refractivity contribution < 1.29 is 21.9 Å². The number of rotatable bonds is 1. The number of hydrogen-bond donors (Lipinski definition) is 0. The van der Waals surface area contributed by atoms with Crippen LogP contribution in [0.15, 0.2) is 0 Å². The topological polar surface area (TPSA) is 60.4 Å². The second-order valence-corrected chi connectivity index (χ2v) is 1.76. The summed E-state index contributed by atoms with van der Waals surface area (Å²) in [6, 6.07) is 0. The Balaban J connectivity index is 4.10. The van der Waals surface area contributed by atoms with E-state index in [0.717, 1.165) is 0 Å². The Bertz CT molecular complexity index is 135. The summed E-state index contributed by atoms with van der Waals surface area (Å²) in [4.78, 5) is 0. The van der Waals surface area contributed by atoms with Crippen molar-refractivity contribution in [1.29, 1.82) is 0 Å². The van der Waals surface area contributed by atoms with Gasteiger partial charge in [-0.3, -0.25) is 0 Å². The fourth-order valence-corrected chi connectivity index (χ4v) is 0. The van der Waals surface area contributed by atoms with Gasteiger partial charge >= 0.3 is 0 Å². The van der Waals surface area contributed by atoms with E-state index in [1.165, 1.54) is 0 Å². The van der Waals surface area contributed by atoms with Crippen LogP contribution >= 0.6 is 0 Å². The van der Waals surface area contributed by atoms with Crippen molar-refractivity contribution in [3.05, 3.63) is 0 Å². The molecule has 0 saturated heterocycles. The Labute approximate surface area is 38.1 Å². The lowest BCUT2D eigenvalue weighted by molar-refractivity contribution is -0.0640. The van der Waals surface area contributed by atoms with Gasteiger partial charge in [0.1, 0.15) is 4.75 Å². The first-order valence-corrected chi connectivity index (χ1v) is 2.39. The second-order valence-electron chi connectivity index (χ2n) is 0.630. The van der Waals surface area contributed by atoms with Crippen LogP contribution in [0, 0.1) is 0 Å². The molecule has 0 amide bonds. The summed E-state index contributed by atoms with van der Waals surface area (Å²) in [5.41, 5.74) is 0. The van der Waals surface area contributed by atoms with Gasteiger partial charge in [-0.05, 0) is 0 Å². The lowest BCUT2D eigenvalue weighted by Gasteiger charge is -2.02. The van der Waals surface area contributed by atoms with Gasteiger partial charge in [0, 0.05) is 0 Å². The monoisotopic (exact) mass is 132 g/mol. The average Bonchev–Trinajstić information content (AvgIpc) is 1.31. The summed E-state index contributed by atoms with van der Waals surface area (Å²) in [6.45, 7) is 0. The molecule has 7 heteroatoms. The zero-order valence-electron chi connectivity index (χ0n) is 2.84. The number of hydrogen-bond acceptors (Lipinski definition) is 3. The van der Waals surface area contributed by atoms with E-state index < -0.39 is 15.1 Å².